The van der Waals surface area contributed by atoms with E-state index < -0.39 is 5.91 Å². The van der Waals surface area contributed by atoms with Gasteiger partial charge in [0.15, 0.2) is 0 Å². The van der Waals surface area contributed by atoms with Gasteiger partial charge >= 0.3 is 0 Å². The van der Waals surface area contributed by atoms with Crippen LogP contribution < -0.4 is 11.5 Å². The Bertz CT molecular complexity index is 536. The van der Waals surface area contributed by atoms with Gasteiger partial charge in [0.25, 0.3) is 5.91 Å². The van der Waals surface area contributed by atoms with E-state index in [4.69, 9.17) is 11.5 Å². The van der Waals surface area contributed by atoms with Gasteiger partial charge in [0.2, 0.25) is 0 Å². The number of hydrogen-bond donors (Lipinski definition) is 2. The molecule has 0 aromatic carbocycles. The molecule has 4 N–H and O–H groups in total. The maximum atomic E-state index is 11.0. The Hall–Kier alpha value is -1.18. The summed E-state index contributed by atoms with van der Waals surface area (Å²) in [5.41, 5.74) is 11.3. The number of nitrogens with zero attached hydrogens (tertiary/aromatic N) is 2. The zero-order valence-corrected chi connectivity index (χ0v) is 11.2. The Balaban J connectivity index is 2.31. The number of rotatable bonds is 4. The lowest BCUT2D eigenvalue weighted by Gasteiger charge is -2.13. The lowest BCUT2D eigenvalue weighted by Crippen LogP contribution is -2.20. The Labute approximate surface area is 111 Å². The summed E-state index contributed by atoms with van der Waals surface area (Å²) in [7, 11) is 0. The molecular weight excluding hydrogens is 304 g/mol. The Morgan fingerprint density at radius 2 is 2.41 bits per heavy atom. The molecular formula is C10H11BrN4OS. The lowest BCUT2D eigenvalue weighted by atomic mass is 10.2. The van der Waals surface area contributed by atoms with Gasteiger partial charge in [-0.05, 0) is 22.0 Å². The summed E-state index contributed by atoms with van der Waals surface area (Å²) in [6, 6.07) is 1.92. The highest BCUT2D eigenvalue weighted by Gasteiger charge is 2.16. The summed E-state index contributed by atoms with van der Waals surface area (Å²) < 4.78 is 2.68. The van der Waals surface area contributed by atoms with Crippen molar-refractivity contribution >= 4 is 33.2 Å². The van der Waals surface area contributed by atoms with Crippen LogP contribution in [0.4, 0.5) is 0 Å². The highest BCUT2D eigenvalue weighted by Crippen LogP contribution is 2.27. The SMILES string of the molecule is NCC(c1cc(Br)cs1)n1cc(C(N)=O)cn1. The molecule has 1 atom stereocenters. The molecule has 0 bridgehead atoms. The second kappa shape index (κ2) is 4.99. The molecule has 5 nitrogen and oxygen atoms in total. The number of hydrogen-bond acceptors (Lipinski definition) is 4. The van der Waals surface area contributed by atoms with Gasteiger partial charge in [0, 0.05) is 27.5 Å². The molecule has 0 fully saturated rings. The van der Waals surface area contributed by atoms with Gasteiger partial charge in [0.05, 0.1) is 17.8 Å². The maximum absolute atomic E-state index is 11.0. The predicted octanol–water partition coefficient (Wildman–Crippen LogP) is 1.35. The first-order valence-corrected chi connectivity index (χ1v) is 6.57. The van der Waals surface area contributed by atoms with Crippen molar-refractivity contribution in [2.45, 2.75) is 6.04 Å². The molecule has 2 aromatic rings. The van der Waals surface area contributed by atoms with Gasteiger partial charge in [-0.25, -0.2) is 0 Å². The van der Waals surface area contributed by atoms with Gasteiger partial charge < -0.3 is 11.5 Å². The summed E-state index contributed by atoms with van der Waals surface area (Å²) in [4.78, 5) is 12.1. The molecule has 90 valence electrons. The van der Waals surface area contributed by atoms with Crippen LogP contribution in [0.3, 0.4) is 0 Å². The van der Waals surface area contributed by atoms with E-state index in [1.807, 2.05) is 11.4 Å². The summed E-state index contributed by atoms with van der Waals surface area (Å²) in [5, 5.41) is 6.10. The molecule has 2 rings (SSSR count). The number of nitrogens with two attached hydrogens (primary N) is 2. The van der Waals surface area contributed by atoms with Gasteiger partial charge in [-0.3, -0.25) is 9.48 Å². The minimum atomic E-state index is -0.487. The van der Waals surface area contributed by atoms with Crippen LogP contribution >= 0.6 is 27.3 Å². The quantitative estimate of drug-likeness (QED) is 0.893. The molecule has 17 heavy (non-hydrogen) atoms. The molecule has 0 radical (unpaired) electrons. The molecule has 1 amide bonds. The topological polar surface area (TPSA) is 86.9 Å². The van der Waals surface area contributed by atoms with E-state index in [-0.39, 0.29) is 6.04 Å². The molecule has 0 aliphatic carbocycles. The van der Waals surface area contributed by atoms with E-state index in [1.54, 1.807) is 22.2 Å². The van der Waals surface area contributed by atoms with Crippen molar-refractivity contribution in [3.8, 4) is 0 Å². The third-order valence-electron chi connectivity index (χ3n) is 2.34. The Morgan fingerprint density at radius 1 is 1.65 bits per heavy atom. The molecule has 0 spiro atoms. The van der Waals surface area contributed by atoms with Gasteiger partial charge in [-0.1, -0.05) is 0 Å². The second-order valence-electron chi connectivity index (χ2n) is 3.49. The van der Waals surface area contributed by atoms with Gasteiger partial charge in [0.1, 0.15) is 0 Å². The molecule has 0 aliphatic rings. The molecule has 2 aromatic heterocycles. The molecule has 0 saturated heterocycles. The average molecular weight is 315 g/mol. The largest absolute Gasteiger partial charge is 0.366 e. The van der Waals surface area contributed by atoms with Gasteiger partial charge in [-0.2, -0.15) is 5.10 Å². The van der Waals surface area contributed by atoms with Crippen LogP contribution in [0.15, 0.2) is 28.3 Å². The van der Waals surface area contributed by atoms with Crippen molar-refractivity contribution in [2.24, 2.45) is 11.5 Å². The van der Waals surface area contributed by atoms with Crippen molar-refractivity contribution in [1.82, 2.24) is 9.78 Å². The van der Waals surface area contributed by atoms with E-state index >= 15 is 0 Å². The van der Waals surface area contributed by atoms with Crippen LogP contribution in [0.5, 0.6) is 0 Å². The summed E-state index contributed by atoms with van der Waals surface area (Å²) in [6.45, 7) is 0.410. The van der Waals surface area contributed by atoms with E-state index in [1.165, 1.54) is 6.20 Å². The zero-order chi connectivity index (χ0) is 12.4. The van der Waals surface area contributed by atoms with Crippen molar-refractivity contribution in [2.75, 3.05) is 6.54 Å². The Kier molecular flexibility index (Phi) is 3.60. The monoisotopic (exact) mass is 314 g/mol. The van der Waals surface area contributed by atoms with Crippen LogP contribution in [0.2, 0.25) is 0 Å². The lowest BCUT2D eigenvalue weighted by molar-refractivity contribution is 0.1000. The first kappa shape index (κ1) is 12.3. The van der Waals surface area contributed by atoms with Gasteiger partial charge in [-0.15, -0.1) is 11.3 Å². The van der Waals surface area contributed by atoms with Crippen LogP contribution in [0, 0.1) is 0 Å². The third kappa shape index (κ3) is 2.56. The minimum Gasteiger partial charge on any atom is -0.366 e. The number of aromatic nitrogens is 2. The Morgan fingerprint density at radius 3 is 2.88 bits per heavy atom. The maximum Gasteiger partial charge on any atom is 0.251 e. The summed E-state index contributed by atoms with van der Waals surface area (Å²) in [5.74, 6) is -0.487. The number of carbonyl (C=O) groups excluding carboxylic acids is 1. The zero-order valence-electron chi connectivity index (χ0n) is 8.84. The minimum absolute atomic E-state index is 0.0700. The number of primary amides is 1. The molecule has 1 unspecified atom stereocenters. The molecule has 0 aliphatic heterocycles. The molecule has 2 heterocycles. The van der Waals surface area contributed by atoms with E-state index in [0.29, 0.717) is 12.1 Å². The standard InChI is InChI=1S/C10H11BrN4OS/c11-7-1-9(17-5-7)8(2-12)15-4-6(3-14-15)10(13)16/h1,3-5,8H,2,12H2,(H2,13,16). The predicted molar refractivity (Wildman–Crippen MR) is 70.0 cm³/mol. The fourth-order valence-electron chi connectivity index (χ4n) is 1.49. The first-order chi connectivity index (χ1) is 8.11. The van der Waals surface area contributed by atoms with Crippen molar-refractivity contribution in [3.63, 3.8) is 0 Å². The summed E-state index contributed by atoms with van der Waals surface area (Å²) in [6.07, 6.45) is 3.07. The third-order valence-corrected chi connectivity index (χ3v) is 4.14. The van der Waals surface area contributed by atoms with E-state index in [9.17, 15) is 4.79 Å². The molecule has 7 heteroatoms. The van der Waals surface area contributed by atoms with Crippen molar-refractivity contribution in [3.05, 3.63) is 38.8 Å². The molecule has 0 saturated carbocycles. The second-order valence-corrected chi connectivity index (χ2v) is 5.35. The fraction of sp³-hybridized carbons (Fsp3) is 0.200. The number of thiophene rings is 1. The number of carbonyl (C=O) groups is 1. The van der Waals surface area contributed by atoms with Crippen molar-refractivity contribution < 1.29 is 4.79 Å². The highest BCUT2D eigenvalue weighted by molar-refractivity contribution is 9.10. The van der Waals surface area contributed by atoms with E-state index in [0.717, 1.165) is 9.35 Å². The normalized spacial score (nSPS) is 12.6. The van der Waals surface area contributed by atoms with Crippen LogP contribution in [0.25, 0.3) is 0 Å². The summed E-state index contributed by atoms with van der Waals surface area (Å²) >= 11 is 4.99. The first-order valence-electron chi connectivity index (χ1n) is 4.89. The average Bonchev–Trinajstić information content (AvgIpc) is 2.89. The van der Waals surface area contributed by atoms with Crippen LogP contribution in [-0.4, -0.2) is 22.2 Å². The fourth-order valence-corrected chi connectivity index (χ4v) is 3.04. The number of halogens is 1. The van der Waals surface area contributed by atoms with Crippen molar-refractivity contribution in [1.29, 1.82) is 0 Å². The van der Waals surface area contributed by atoms with Crippen LogP contribution in [0.1, 0.15) is 21.3 Å². The van der Waals surface area contributed by atoms with E-state index in [2.05, 4.69) is 21.0 Å². The highest BCUT2D eigenvalue weighted by atomic mass is 79.9. The number of amides is 1. The van der Waals surface area contributed by atoms with Crippen LogP contribution in [-0.2, 0) is 0 Å². The smallest absolute Gasteiger partial charge is 0.251 e.